The van der Waals surface area contributed by atoms with Crippen molar-refractivity contribution >= 4 is 29.1 Å². The van der Waals surface area contributed by atoms with Gasteiger partial charge >= 0.3 is 0 Å². The first-order valence-corrected chi connectivity index (χ1v) is 11.0. The summed E-state index contributed by atoms with van der Waals surface area (Å²) in [7, 11) is 0. The highest BCUT2D eigenvalue weighted by Gasteiger charge is 2.19. The van der Waals surface area contributed by atoms with Gasteiger partial charge in [0.15, 0.2) is 11.5 Å². The van der Waals surface area contributed by atoms with Crippen LogP contribution >= 0.6 is 11.6 Å². The van der Waals surface area contributed by atoms with Crippen molar-refractivity contribution in [3.8, 4) is 22.8 Å². The van der Waals surface area contributed by atoms with E-state index < -0.39 is 5.91 Å². The highest BCUT2D eigenvalue weighted by molar-refractivity contribution is 6.30. The molecule has 0 aliphatic carbocycles. The molecule has 0 spiro atoms. The zero-order valence-corrected chi connectivity index (χ0v) is 19.0. The number of halogens is 1. The van der Waals surface area contributed by atoms with Crippen molar-refractivity contribution in [1.29, 1.82) is 0 Å². The Hall–Kier alpha value is -4.63. The molecular weight excluding hydrogens is 468 g/mol. The zero-order valence-electron chi connectivity index (χ0n) is 18.3. The van der Waals surface area contributed by atoms with Gasteiger partial charge in [-0.15, -0.1) is 0 Å². The molecule has 9 nitrogen and oxygen atoms in total. The van der Waals surface area contributed by atoms with Crippen molar-refractivity contribution in [2.45, 2.75) is 0 Å². The third-order valence-corrected chi connectivity index (χ3v) is 5.33. The Morgan fingerprint density at radius 1 is 0.971 bits per heavy atom. The van der Waals surface area contributed by atoms with E-state index in [9.17, 15) is 9.59 Å². The van der Waals surface area contributed by atoms with Crippen LogP contribution in [0.15, 0.2) is 95.9 Å². The number of aromatic nitrogens is 4. The number of hydrogen-bond acceptors (Lipinski definition) is 5. The molecule has 0 unspecified atom stereocenters. The number of amides is 2. The Morgan fingerprint density at radius 3 is 2.54 bits per heavy atom. The van der Waals surface area contributed by atoms with Gasteiger partial charge in [0.2, 0.25) is 5.91 Å². The topological polar surface area (TPSA) is 107 Å². The minimum atomic E-state index is -0.497. The average molecular weight is 487 g/mol. The number of anilines is 1. The normalized spacial score (nSPS) is 10.8. The van der Waals surface area contributed by atoms with Crippen molar-refractivity contribution in [3.05, 3.63) is 102 Å². The van der Waals surface area contributed by atoms with Crippen LogP contribution in [0.4, 0.5) is 5.69 Å². The first-order chi connectivity index (χ1) is 17.1. The van der Waals surface area contributed by atoms with Gasteiger partial charge in [0.25, 0.3) is 5.91 Å². The third-order valence-electron chi connectivity index (χ3n) is 5.10. The molecule has 10 heteroatoms. The molecule has 0 aliphatic heterocycles. The lowest BCUT2D eigenvalue weighted by atomic mass is 10.2. The molecule has 3 heterocycles. The SMILES string of the molecule is O=C(CNC(=O)c1cc(-c2ccco2)n(-c2cccc(Cl)c2)n1)Nc1ccc(-n2cccn2)cc1. The standard InChI is InChI=1S/C25H19ClN6O3/c26-17-4-1-5-20(14-17)32-22(23-6-2-13-35-23)15-21(30-32)25(34)27-16-24(33)29-18-7-9-19(10-8-18)31-12-3-11-28-31/h1-15H,16H2,(H,27,34)(H,29,33). The van der Waals surface area contributed by atoms with Crippen LogP contribution in [0.25, 0.3) is 22.8 Å². The summed E-state index contributed by atoms with van der Waals surface area (Å²) in [5, 5.41) is 14.5. The number of nitrogens with zero attached hydrogens (tertiary/aromatic N) is 4. The van der Waals surface area contributed by atoms with Gasteiger partial charge < -0.3 is 15.1 Å². The second-order valence-electron chi connectivity index (χ2n) is 7.51. The van der Waals surface area contributed by atoms with E-state index in [1.165, 1.54) is 6.26 Å². The van der Waals surface area contributed by atoms with Gasteiger partial charge in [-0.05, 0) is 60.7 Å². The Balaban J connectivity index is 1.26. The molecule has 35 heavy (non-hydrogen) atoms. The van der Waals surface area contributed by atoms with E-state index in [4.69, 9.17) is 16.0 Å². The number of carbonyl (C=O) groups excluding carboxylic acids is 2. The van der Waals surface area contributed by atoms with Crippen molar-refractivity contribution in [3.63, 3.8) is 0 Å². The number of benzene rings is 2. The van der Waals surface area contributed by atoms with Crippen LogP contribution in [0.5, 0.6) is 0 Å². The fourth-order valence-electron chi connectivity index (χ4n) is 3.47. The van der Waals surface area contributed by atoms with Crippen LogP contribution in [-0.2, 0) is 4.79 Å². The quantitative estimate of drug-likeness (QED) is 0.356. The smallest absolute Gasteiger partial charge is 0.272 e. The van der Waals surface area contributed by atoms with Gasteiger partial charge in [-0.1, -0.05) is 17.7 Å². The van der Waals surface area contributed by atoms with Crippen molar-refractivity contribution in [2.75, 3.05) is 11.9 Å². The van der Waals surface area contributed by atoms with Crippen LogP contribution in [0.2, 0.25) is 5.02 Å². The Kier molecular flexibility index (Phi) is 6.15. The summed E-state index contributed by atoms with van der Waals surface area (Å²) in [5.74, 6) is -0.332. The molecule has 0 fully saturated rings. The van der Waals surface area contributed by atoms with E-state index in [2.05, 4.69) is 20.8 Å². The van der Waals surface area contributed by atoms with Gasteiger partial charge in [0, 0.05) is 29.2 Å². The summed E-state index contributed by atoms with van der Waals surface area (Å²) < 4.78 is 8.79. The van der Waals surface area contributed by atoms with Crippen LogP contribution in [0.3, 0.4) is 0 Å². The predicted octanol–water partition coefficient (Wildman–Crippen LogP) is 4.34. The van der Waals surface area contributed by atoms with E-state index in [1.807, 2.05) is 30.5 Å². The number of nitrogens with one attached hydrogen (secondary N) is 2. The molecule has 3 aromatic heterocycles. The van der Waals surface area contributed by atoms with Gasteiger partial charge in [0.1, 0.15) is 5.69 Å². The molecule has 5 rings (SSSR count). The highest BCUT2D eigenvalue weighted by atomic mass is 35.5. The second-order valence-corrected chi connectivity index (χ2v) is 7.95. The number of rotatable bonds is 7. The van der Waals surface area contributed by atoms with Crippen molar-refractivity contribution < 1.29 is 14.0 Å². The van der Waals surface area contributed by atoms with E-state index in [0.717, 1.165) is 5.69 Å². The molecule has 0 aliphatic rings. The first-order valence-electron chi connectivity index (χ1n) is 10.6. The molecule has 0 radical (unpaired) electrons. The molecule has 5 aromatic rings. The Morgan fingerprint density at radius 2 is 1.83 bits per heavy atom. The minimum absolute atomic E-state index is 0.132. The average Bonchev–Trinajstić information content (AvgIpc) is 3.64. The third kappa shape index (κ3) is 4.99. The lowest BCUT2D eigenvalue weighted by molar-refractivity contribution is -0.115. The molecule has 174 valence electrons. The maximum absolute atomic E-state index is 12.8. The summed E-state index contributed by atoms with van der Waals surface area (Å²) in [4.78, 5) is 25.2. The lowest BCUT2D eigenvalue weighted by Gasteiger charge is -2.07. The van der Waals surface area contributed by atoms with E-state index in [1.54, 1.807) is 64.1 Å². The van der Waals surface area contributed by atoms with Gasteiger partial charge in [-0.2, -0.15) is 10.2 Å². The summed E-state index contributed by atoms with van der Waals surface area (Å²) in [6.45, 7) is -0.222. The number of hydrogen-bond donors (Lipinski definition) is 2. The first kappa shape index (κ1) is 22.2. The largest absolute Gasteiger partial charge is 0.463 e. The maximum Gasteiger partial charge on any atom is 0.272 e. The molecule has 2 N–H and O–H groups in total. The summed E-state index contributed by atoms with van der Waals surface area (Å²) in [6, 6.07) is 21.2. The summed E-state index contributed by atoms with van der Waals surface area (Å²) in [6.07, 6.45) is 5.05. The zero-order chi connectivity index (χ0) is 24.2. The second kappa shape index (κ2) is 9.70. The van der Waals surface area contributed by atoms with Crippen molar-refractivity contribution in [1.82, 2.24) is 24.9 Å². The minimum Gasteiger partial charge on any atom is -0.463 e. The molecular formula is C25H19ClN6O3. The fourth-order valence-corrected chi connectivity index (χ4v) is 3.66. The van der Waals surface area contributed by atoms with Gasteiger partial charge in [-0.25, -0.2) is 9.36 Å². The van der Waals surface area contributed by atoms with Crippen LogP contribution in [0.1, 0.15) is 10.5 Å². The number of furan rings is 1. The predicted molar refractivity (Wildman–Crippen MR) is 131 cm³/mol. The van der Waals surface area contributed by atoms with Gasteiger partial charge in [0.05, 0.1) is 24.2 Å². The molecule has 2 aromatic carbocycles. The monoisotopic (exact) mass is 486 g/mol. The summed E-state index contributed by atoms with van der Waals surface area (Å²) >= 11 is 6.13. The van der Waals surface area contributed by atoms with E-state index >= 15 is 0 Å². The molecule has 0 saturated heterocycles. The van der Waals surface area contributed by atoms with Crippen LogP contribution in [-0.4, -0.2) is 37.9 Å². The Labute approximate surface area is 204 Å². The fraction of sp³-hybridized carbons (Fsp3) is 0.0400. The van der Waals surface area contributed by atoms with E-state index in [-0.39, 0.29) is 18.1 Å². The molecule has 0 atom stereocenters. The van der Waals surface area contributed by atoms with Crippen LogP contribution in [0, 0.1) is 0 Å². The molecule has 0 bridgehead atoms. The van der Waals surface area contributed by atoms with Crippen molar-refractivity contribution in [2.24, 2.45) is 0 Å². The Bertz CT molecular complexity index is 1460. The molecule has 2 amide bonds. The van der Waals surface area contributed by atoms with Crippen LogP contribution < -0.4 is 10.6 Å². The molecule has 0 saturated carbocycles. The highest BCUT2D eigenvalue weighted by Crippen LogP contribution is 2.26. The van der Waals surface area contributed by atoms with E-state index in [0.29, 0.717) is 27.9 Å². The maximum atomic E-state index is 12.8. The lowest BCUT2D eigenvalue weighted by Crippen LogP contribution is -2.33. The number of carbonyl (C=O) groups is 2. The summed E-state index contributed by atoms with van der Waals surface area (Å²) in [5.41, 5.74) is 2.84. The van der Waals surface area contributed by atoms with Gasteiger partial charge in [-0.3, -0.25) is 9.59 Å².